The van der Waals surface area contributed by atoms with E-state index in [9.17, 15) is 14.4 Å². The second-order valence-electron chi connectivity index (χ2n) is 6.31. The van der Waals surface area contributed by atoms with Gasteiger partial charge in [0, 0.05) is 49.6 Å². The van der Waals surface area contributed by atoms with Crippen LogP contribution in [-0.4, -0.2) is 56.5 Å². The topological polar surface area (TPSA) is 104 Å². The van der Waals surface area contributed by atoms with Gasteiger partial charge in [0.05, 0.1) is 6.54 Å². The summed E-state index contributed by atoms with van der Waals surface area (Å²) in [6, 6.07) is 5.45. The molecule has 1 aliphatic rings. The van der Waals surface area contributed by atoms with E-state index in [-0.39, 0.29) is 18.0 Å². The van der Waals surface area contributed by atoms with Gasteiger partial charge in [0.1, 0.15) is 5.56 Å². The highest BCUT2D eigenvalue weighted by Gasteiger charge is 2.26. The van der Waals surface area contributed by atoms with E-state index in [0.29, 0.717) is 32.1 Å². The van der Waals surface area contributed by atoms with Gasteiger partial charge in [0.2, 0.25) is 5.95 Å². The Morgan fingerprint density at radius 1 is 1.11 bits per heavy atom. The largest absolute Gasteiger partial charge is 0.337 e. The Kier molecular flexibility index (Phi) is 5.02. The van der Waals surface area contributed by atoms with E-state index >= 15 is 0 Å². The lowest BCUT2D eigenvalue weighted by Crippen LogP contribution is -2.51. The highest BCUT2D eigenvalue weighted by atomic mass is 32.1. The molecule has 0 radical (unpaired) electrons. The van der Waals surface area contributed by atoms with Crippen molar-refractivity contribution in [3.8, 4) is 0 Å². The van der Waals surface area contributed by atoms with Crippen molar-refractivity contribution in [3.63, 3.8) is 0 Å². The smallest absolute Gasteiger partial charge is 0.328 e. The molecule has 4 rings (SSSR count). The van der Waals surface area contributed by atoms with E-state index in [1.54, 1.807) is 23.4 Å². The van der Waals surface area contributed by atoms with Crippen LogP contribution in [0.4, 0.5) is 5.95 Å². The molecule has 1 saturated heterocycles. The van der Waals surface area contributed by atoms with Crippen LogP contribution in [-0.2, 0) is 6.54 Å². The molecule has 1 aliphatic heterocycles. The summed E-state index contributed by atoms with van der Waals surface area (Å²) in [4.78, 5) is 53.1. The molecule has 144 valence electrons. The molecule has 0 bridgehead atoms. The summed E-state index contributed by atoms with van der Waals surface area (Å²) in [6.07, 6.45) is 4.57. The minimum Gasteiger partial charge on any atom is -0.337 e. The molecule has 0 spiro atoms. The van der Waals surface area contributed by atoms with Gasteiger partial charge >= 0.3 is 5.69 Å². The summed E-state index contributed by atoms with van der Waals surface area (Å²) in [5.41, 5.74) is -1.13. The number of anilines is 1. The van der Waals surface area contributed by atoms with Gasteiger partial charge < -0.3 is 14.8 Å². The minimum absolute atomic E-state index is 0.0273. The Hall–Kier alpha value is -3.27. The molecule has 1 amide bonds. The number of hydrogen-bond acceptors (Lipinski definition) is 7. The zero-order chi connectivity index (χ0) is 19.5. The first-order valence-corrected chi connectivity index (χ1v) is 9.67. The van der Waals surface area contributed by atoms with E-state index in [1.807, 2.05) is 22.4 Å². The van der Waals surface area contributed by atoms with Crippen molar-refractivity contribution in [2.24, 2.45) is 0 Å². The van der Waals surface area contributed by atoms with Crippen LogP contribution in [0.1, 0.15) is 15.2 Å². The lowest BCUT2D eigenvalue weighted by Gasteiger charge is -2.34. The Morgan fingerprint density at radius 3 is 2.54 bits per heavy atom. The number of carbonyl (C=O) groups is 1. The van der Waals surface area contributed by atoms with Gasteiger partial charge in [-0.05, 0) is 17.5 Å². The van der Waals surface area contributed by atoms with Gasteiger partial charge in [-0.3, -0.25) is 14.2 Å². The summed E-state index contributed by atoms with van der Waals surface area (Å²) < 4.78 is 1.06. The zero-order valence-electron chi connectivity index (χ0n) is 14.9. The van der Waals surface area contributed by atoms with Crippen molar-refractivity contribution in [2.45, 2.75) is 6.54 Å². The molecular formula is C18H18N6O3S. The van der Waals surface area contributed by atoms with Gasteiger partial charge in [0.15, 0.2) is 0 Å². The molecule has 0 aromatic carbocycles. The molecule has 0 aliphatic carbocycles. The molecular weight excluding hydrogens is 380 g/mol. The lowest BCUT2D eigenvalue weighted by molar-refractivity contribution is 0.0743. The van der Waals surface area contributed by atoms with Gasteiger partial charge in [-0.15, -0.1) is 11.3 Å². The van der Waals surface area contributed by atoms with Crippen molar-refractivity contribution in [3.05, 3.63) is 73.4 Å². The number of amides is 1. The van der Waals surface area contributed by atoms with Crippen molar-refractivity contribution < 1.29 is 4.79 Å². The predicted molar refractivity (Wildman–Crippen MR) is 105 cm³/mol. The number of aromatic amines is 1. The van der Waals surface area contributed by atoms with Crippen molar-refractivity contribution in [1.82, 2.24) is 24.4 Å². The molecule has 28 heavy (non-hydrogen) atoms. The summed E-state index contributed by atoms with van der Waals surface area (Å²) in [5.74, 6) is 0.242. The van der Waals surface area contributed by atoms with Crippen LogP contribution >= 0.6 is 11.3 Å². The number of hydrogen-bond donors (Lipinski definition) is 1. The predicted octanol–water partition coefficient (Wildman–Crippen LogP) is 0.399. The number of rotatable bonds is 4. The maximum Gasteiger partial charge on any atom is 0.328 e. The molecule has 0 unspecified atom stereocenters. The Morgan fingerprint density at radius 2 is 1.86 bits per heavy atom. The summed E-state index contributed by atoms with van der Waals surface area (Å²) in [6.45, 7) is 2.18. The van der Waals surface area contributed by atoms with E-state index in [1.165, 1.54) is 17.5 Å². The molecule has 9 nitrogen and oxygen atoms in total. The standard InChI is InChI=1S/C18H18N6O3S/c25-15(22-6-8-23(9-7-22)17-19-4-2-5-20-17)14-11-21-18(27)24(16(14)26)12-13-3-1-10-28-13/h1-5,10-11H,6-9,12H2,(H,21,27). The monoisotopic (exact) mass is 398 g/mol. The molecule has 10 heteroatoms. The molecule has 1 fully saturated rings. The SMILES string of the molecule is O=C(c1c[nH]c(=O)n(Cc2cccs2)c1=O)N1CCN(c2ncccn2)CC1. The Balaban J connectivity index is 1.51. The number of piperazine rings is 1. The molecule has 0 atom stereocenters. The van der Waals surface area contributed by atoms with E-state index in [0.717, 1.165) is 9.44 Å². The quantitative estimate of drug-likeness (QED) is 0.682. The highest BCUT2D eigenvalue weighted by Crippen LogP contribution is 2.12. The zero-order valence-corrected chi connectivity index (χ0v) is 15.8. The normalized spacial score (nSPS) is 14.3. The van der Waals surface area contributed by atoms with Gasteiger partial charge in [-0.25, -0.2) is 14.8 Å². The number of H-pyrrole nitrogens is 1. The fraction of sp³-hybridized carbons (Fsp3) is 0.278. The number of carbonyl (C=O) groups excluding carboxylic acids is 1. The molecule has 4 heterocycles. The maximum absolute atomic E-state index is 12.9. The molecule has 3 aromatic heterocycles. The van der Waals surface area contributed by atoms with Crippen LogP contribution in [0.5, 0.6) is 0 Å². The first-order valence-electron chi connectivity index (χ1n) is 8.79. The number of nitrogens with one attached hydrogen (secondary N) is 1. The summed E-state index contributed by atoms with van der Waals surface area (Å²) in [7, 11) is 0. The van der Waals surface area contributed by atoms with Crippen LogP contribution in [0, 0.1) is 0 Å². The van der Waals surface area contributed by atoms with E-state index in [2.05, 4.69) is 15.0 Å². The van der Waals surface area contributed by atoms with Crippen LogP contribution in [0.15, 0.2) is 51.8 Å². The Labute approximate surface area is 163 Å². The van der Waals surface area contributed by atoms with Gasteiger partial charge in [0.25, 0.3) is 11.5 Å². The van der Waals surface area contributed by atoms with Crippen molar-refractivity contribution in [1.29, 1.82) is 0 Å². The van der Waals surface area contributed by atoms with Crippen molar-refractivity contribution >= 4 is 23.2 Å². The number of thiophene rings is 1. The second kappa shape index (κ2) is 7.77. The van der Waals surface area contributed by atoms with Crippen LogP contribution in [0.2, 0.25) is 0 Å². The van der Waals surface area contributed by atoms with E-state index in [4.69, 9.17) is 0 Å². The summed E-state index contributed by atoms with van der Waals surface area (Å²) in [5, 5.41) is 1.87. The van der Waals surface area contributed by atoms with Crippen LogP contribution < -0.4 is 16.1 Å². The van der Waals surface area contributed by atoms with Crippen LogP contribution in [0.3, 0.4) is 0 Å². The Bertz CT molecular complexity index is 1070. The summed E-state index contributed by atoms with van der Waals surface area (Å²) >= 11 is 1.45. The van der Waals surface area contributed by atoms with Crippen molar-refractivity contribution in [2.75, 3.05) is 31.1 Å². The molecule has 1 N–H and O–H groups in total. The lowest BCUT2D eigenvalue weighted by atomic mass is 10.2. The highest BCUT2D eigenvalue weighted by molar-refractivity contribution is 7.09. The number of nitrogens with zero attached hydrogens (tertiary/aromatic N) is 5. The number of aromatic nitrogens is 4. The average molecular weight is 398 g/mol. The fourth-order valence-corrected chi connectivity index (χ4v) is 3.79. The molecule has 3 aromatic rings. The third-order valence-corrected chi connectivity index (χ3v) is 5.45. The molecule has 0 saturated carbocycles. The minimum atomic E-state index is -0.573. The van der Waals surface area contributed by atoms with E-state index < -0.39 is 11.2 Å². The maximum atomic E-state index is 12.9. The third kappa shape index (κ3) is 3.58. The van der Waals surface area contributed by atoms with Gasteiger partial charge in [-0.2, -0.15) is 0 Å². The first kappa shape index (κ1) is 18.1. The van der Waals surface area contributed by atoms with Gasteiger partial charge in [-0.1, -0.05) is 6.07 Å². The first-order chi connectivity index (χ1) is 13.6. The second-order valence-corrected chi connectivity index (χ2v) is 7.34. The average Bonchev–Trinajstić information content (AvgIpc) is 3.25. The third-order valence-electron chi connectivity index (χ3n) is 4.59. The van der Waals surface area contributed by atoms with Crippen LogP contribution in [0.25, 0.3) is 0 Å². The fourth-order valence-electron chi connectivity index (χ4n) is 3.10.